The van der Waals surface area contributed by atoms with Crippen LogP contribution in [0.1, 0.15) is 232 Å². The number of carbonyl (C=O) groups is 4. The second-order valence-corrected chi connectivity index (χ2v) is 17.6. The third kappa shape index (κ3) is 30.0. The molecule has 0 radical (unpaired) electrons. The van der Waals surface area contributed by atoms with Gasteiger partial charge in [0.15, 0.2) is 0 Å². The normalized spacial score (nSPS) is 16.4. The molecule has 9 heteroatoms. The SMILES string of the molecule is CCCCCCCCCCCCC(CCCOC(=O)CCCCC(CCCCCCCCC(=O)O)CCCCCCCCC(=O)O)OC(=O)C1(C)CCN(C)C1. The molecule has 2 N–H and O–H groups in total. The number of esters is 2. The van der Waals surface area contributed by atoms with Crippen LogP contribution >= 0.6 is 0 Å². The summed E-state index contributed by atoms with van der Waals surface area (Å²) in [7, 11) is 2.06. The fourth-order valence-corrected chi connectivity index (χ4v) is 8.31. The minimum atomic E-state index is -0.707. The van der Waals surface area contributed by atoms with Crippen LogP contribution in [-0.4, -0.2) is 71.8 Å². The summed E-state index contributed by atoms with van der Waals surface area (Å²) in [6, 6.07) is 0. The number of rotatable bonds is 40. The number of unbranched alkanes of at least 4 members (excludes halogenated alkanes) is 20. The van der Waals surface area contributed by atoms with Crippen LogP contribution in [-0.2, 0) is 28.7 Å². The zero-order valence-electron chi connectivity index (χ0n) is 36.6. The predicted octanol–water partition coefficient (Wildman–Crippen LogP) is 12.5. The number of likely N-dealkylation sites (tertiary alicyclic amines) is 1. The quantitative estimate of drug-likeness (QED) is 0.0460. The number of carboxylic acid groups (broad SMARTS) is 2. The van der Waals surface area contributed by atoms with E-state index in [2.05, 4.69) is 18.9 Å². The lowest BCUT2D eigenvalue weighted by atomic mass is 9.89. The van der Waals surface area contributed by atoms with E-state index in [4.69, 9.17) is 19.7 Å². The van der Waals surface area contributed by atoms with Crippen molar-refractivity contribution in [1.29, 1.82) is 0 Å². The molecule has 0 aliphatic carbocycles. The Kier molecular flexibility index (Phi) is 32.3. The topological polar surface area (TPSA) is 130 Å². The first-order chi connectivity index (χ1) is 27.1. The summed E-state index contributed by atoms with van der Waals surface area (Å²) < 4.78 is 11.8. The summed E-state index contributed by atoms with van der Waals surface area (Å²) in [6.45, 7) is 6.33. The maximum Gasteiger partial charge on any atom is 0.313 e. The molecule has 0 spiro atoms. The summed E-state index contributed by atoms with van der Waals surface area (Å²) in [5, 5.41) is 17.7. The number of carbonyl (C=O) groups excluding carboxylic acids is 2. The standard InChI is InChI=1S/C47H87NO8/c1-4-5-6-7-8-9-10-11-18-23-32-42(56-46(54)47(2)37-38-48(3)40-47)33-28-39-55-45(53)36-27-26-31-41(29-21-16-12-14-19-24-34-43(49)50)30-22-17-13-15-20-25-35-44(51)52/h41-42H,4-40H2,1-3H3,(H,49,50)(H,51,52). The van der Waals surface area contributed by atoms with Gasteiger partial charge in [-0.3, -0.25) is 19.2 Å². The highest BCUT2D eigenvalue weighted by Gasteiger charge is 2.41. The van der Waals surface area contributed by atoms with Gasteiger partial charge in [0.25, 0.3) is 0 Å². The van der Waals surface area contributed by atoms with E-state index >= 15 is 0 Å². The van der Waals surface area contributed by atoms with Crippen LogP contribution in [0.5, 0.6) is 0 Å². The second kappa shape index (κ2) is 34.8. The number of aliphatic carboxylic acids is 2. The summed E-state index contributed by atoms with van der Waals surface area (Å²) in [5.74, 6) is -0.956. The maximum atomic E-state index is 13.3. The van der Waals surface area contributed by atoms with Crippen molar-refractivity contribution in [3.8, 4) is 0 Å². The molecule has 0 aromatic rings. The van der Waals surface area contributed by atoms with E-state index in [1.54, 1.807) is 0 Å². The van der Waals surface area contributed by atoms with Crippen molar-refractivity contribution < 1.29 is 38.9 Å². The second-order valence-electron chi connectivity index (χ2n) is 17.6. The first-order valence-electron chi connectivity index (χ1n) is 23.5. The zero-order chi connectivity index (χ0) is 41.1. The molecule has 1 heterocycles. The van der Waals surface area contributed by atoms with Crippen LogP contribution in [0.2, 0.25) is 0 Å². The molecule has 2 unspecified atom stereocenters. The van der Waals surface area contributed by atoms with E-state index in [9.17, 15) is 19.2 Å². The van der Waals surface area contributed by atoms with Gasteiger partial charge in [0.1, 0.15) is 6.10 Å². The van der Waals surface area contributed by atoms with Crippen molar-refractivity contribution in [3.63, 3.8) is 0 Å². The zero-order valence-corrected chi connectivity index (χ0v) is 36.6. The third-order valence-corrected chi connectivity index (χ3v) is 12.0. The summed E-state index contributed by atoms with van der Waals surface area (Å²) in [4.78, 5) is 49.6. The van der Waals surface area contributed by atoms with Crippen molar-refractivity contribution in [1.82, 2.24) is 4.90 Å². The van der Waals surface area contributed by atoms with Gasteiger partial charge in [-0.15, -0.1) is 0 Å². The van der Waals surface area contributed by atoms with Crippen molar-refractivity contribution in [3.05, 3.63) is 0 Å². The molecule has 1 rings (SSSR count). The van der Waals surface area contributed by atoms with Crippen molar-refractivity contribution in [2.45, 2.75) is 238 Å². The van der Waals surface area contributed by atoms with Crippen molar-refractivity contribution in [2.24, 2.45) is 11.3 Å². The van der Waals surface area contributed by atoms with Gasteiger partial charge in [-0.05, 0) is 77.8 Å². The molecule has 0 bridgehead atoms. The van der Waals surface area contributed by atoms with Gasteiger partial charge in [-0.25, -0.2) is 0 Å². The molecular formula is C47H87NO8. The highest BCUT2D eigenvalue weighted by atomic mass is 16.5. The third-order valence-electron chi connectivity index (χ3n) is 12.0. The first kappa shape index (κ1) is 51.9. The lowest BCUT2D eigenvalue weighted by Gasteiger charge is -2.26. The largest absolute Gasteiger partial charge is 0.481 e. The van der Waals surface area contributed by atoms with Crippen molar-refractivity contribution in [2.75, 3.05) is 26.7 Å². The Morgan fingerprint density at radius 3 is 1.45 bits per heavy atom. The van der Waals surface area contributed by atoms with E-state index in [-0.39, 0.29) is 30.9 Å². The van der Waals surface area contributed by atoms with Crippen molar-refractivity contribution >= 4 is 23.9 Å². The molecule has 9 nitrogen and oxygen atoms in total. The van der Waals surface area contributed by atoms with E-state index in [1.807, 2.05) is 6.92 Å². The molecular weight excluding hydrogens is 707 g/mol. The molecule has 1 aliphatic heterocycles. The van der Waals surface area contributed by atoms with Crippen LogP contribution in [0, 0.1) is 11.3 Å². The Bertz CT molecular complexity index is 975. The van der Waals surface area contributed by atoms with E-state index in [1.165, 1.54) is 96.3 Å². The summed E-state index contributed by atoms with van der Waals surface area (Å²) in [6.07, 6.45) is 35.0. The Labute approximate surface area is 343 Å². The van der Waals surface area contributed by atoms with Gasteiger partial charge in [-0.2, -0.15) is 0 Å². The Hall–Kier alpha value is -2.16. The minimum Gasteiger partial charge on any atom is -0.481 e. The number of carboxylic acids is 2. The van der Waals surface area contributed by atoms with Gasteiger partial charge in [-0.1, -0.05) is 155 Å². The van der Waals surface area contributed by atoms with Crippen LogP contribution in [0.15, 0.2) is 0 Å². The fourth-order valence-electron chi connectivity index (χ4n) is 8.31. The monoisotopic (exact) mass is 794 g/mol. The molecule has 0 aromatic carbocycles. The number of hydrogen-bond acceptors (Lipinski definition) is 7. The van der Waals surface area contributed by atoms with E-state index < -0.39 is 17.4 Å². The van der Waals surface area contributed by atoms with Gasteiger partial charge in [0.05, 0.1) is 12.0 Å². The highest BCUT2D eigenvalue weighted by molar-refractivity contribution is 5.77. The Balaban J connectivity index is 2.40. The van der Waals surface area contributed by atoms with Gasteiger partial charge in [0, 0.05) is 25.8 Å². The Morgan fingerprint density at radius 2 is 0.982 bits per heavy atom. The lowest BCUT2D eigenvalue weighted by molar-refractivity contribution is -0.161. The maximum absolute atomic E-state index is 13.3. The Morgan fingerprint density at radius 1 is 0.571 bits per heavy atom. The molecule has 0 aromatic heterocycles. The van der Waals surface area contributed by atoms with Crippen LogP contribution < -0.4 is 0 Å². The molecule has 0 saturated carbocycles. The molecule has 2 atom stereocenters. The average molecular weight is 794 g/mol. The van der Waals surface area contributed by atoms with Gasteiger partial charge in [0.2, 0.25) is 0 Å². The van der Waals surface area contributed by atoms with Crippen LogP contribution in [0.25, 0.3) is 0 Å². The molecule has 0 amide bonds. The average Bonchev–Trinajstić information content (AvgIpc) is 3.52. The summed E-state index contributed by atoms with van der Waals surface area (Å²) in [5.41, 5.74) is -0.439. The predicted molar refractivity (Wildman–Crippen MR) is 228 cm³/mol. The highest BCUT2D eigenvalue weighted by Crippen LogP contribution is 2.32. The lowest BCUT2D eigenvalue weighted by Crippen LogP contribution is -2.35. The molecule has 1 saturated heterocycles. The molecule has 1 aliphatic rings. The first-order valence-corrected chi connectivity index (χ1v) is 23.5. The smallest absolute Gasteiger partial charge is 0.313 e. The summed E-state index contributed by atoms with van der Waals surface area (Å²) >= 11 is 0. The van der Waals surface area contributed by atoms with Crippen LogP contribution in [0.3, 0.4) is 0 Å². The molecule has 56 heavy (non-hydrogen) atoms. The number of nitrogens with zero attached hydrogens (tertiary/aromatic N) is 1. The van der Waals surface area contributed by atoms with Gasteiger partial charge < -0.3 is 24.6 Å². The molecule has 328 valence electrons. The van der Waals surface area contributed by atoms with E-state index in [0.717, 1.165) is 109 Å². The minimum absolute atomic E-state index is 0.0739. The number of ether oxygens (including phenoxy) is 2. The van der Waals surface area contributed by atoms with E-state index in [0.29, 0.717) is 25.4 Å². The molecule has 1 fully saturated rings. The number of hydrogen-bond donors (Lipinski definition) is 2. The van der Waals surface area contributed by atoms with Gasteiger partial charge >= 0.3 is 23.9 Å². The van der Waals surface area contributed by atoms with Crippen LogP contribution in [0.4, 0.5) is 0 Å². The fraction of sp³-hybridized carbons (Fsp3) is 0.915.